The second kappa shape index (κ2) is 4.89. The Bertz CT molecular complexity index is 994. The van der Waals surface area contributed by atoms with Gasteiger partial charge in [0.15, 0.2) is 0 Å². The van der Waals surface area contributed by atoms with E-state index in [1.807, 2.05) is 25.1 Å². The van der Waals surface area contributed by atoms with Crippen LogP contribution >= 0.6 is 0 Å². The van der Waals surface area contributed by atoms with Crippen molar-refractivity contribution in [1.29, 1.82) is 5.26 Å². The molecule has 1 aliphatic rings. The Hall–Kier alpha value is -3.26. The van der Waals surface area contributed by atoms with Gasteiger partial charge in [-0.2, -0.15) is 5.26 Å². The second-order valence-electron chi connectivity index (χ2n) is 5.60. The molecule has 0 spiro atoms. The minimum absolute atomic E-state index is 0.115. The molecule has 0 saturated heterocycles. The number of aromatic nitrogens is 2. The van der Waals surface area contributed by atoms with Crippen molar-refractivity contribution in [2.45, 2.75) is 12.8 Å². The van der Waals surface area contributed by atoms with Crippen molar-refractivity contribution < 1.29 is 4.74 Å². The summed E-state index contributed by atoms with van der Waals surface area (Å²) in [5.41, 5.74) is 9.09. The van der Waals surface area contributed by atoms with Crippen LogP contribution in [0.25, 0.3) is 10.8 Å². The Kier molecular flexibility index (Phi) is 2.85. The lowest BCUT2D eigenvalue weighted by Crippen LogP contribution is -2.21. The van der Waals surface area contributed by atoms with Crippen LogP contribution in [0.3, 0.4) is 0 Å². The highest BCUT2D eigenvalue weighted by atomic mass is 16.5. The standard InChI is InChI=1S/C18H14N4O/c1-10-15-16(14(9-19)17(20)23-18(15)22-21-10)13-7-6-11-4-2-3-5-12(11)8-13/h2-8,16H,20H2,1H3,(H,21,22). The molecule has 23 heavy (non-hydrogen) atoms. The fraction of sp³-hybridized carbons (Fsp3) is 0.111. The molecule has 4 rings (SSSR count). The summed E-state index contributed by atoms with van der Waals surface area (Å²) >= 11 is 0. The number of nitrogens with two attached hydrogens (primary N) is 1. The molecule has 0 aliphatic carbocycles. The van der Waals surface area contributed by atoms with Crippen molar-refractivity contribution in [2.24, 2.45) is 5.73 Å². The SMILES string of the molecule is Cc1[nH]nc2c1C(c1ccc3ccccc3c1)C(C#N)=C(N)O2. The van der Waals surface area contributed by atoms with Gasteiger partial charge >= 0.3 is 0 Å². The summed E-state index contributed by atoms with van der Waals surface area (Å²) in [6.07, 6.45) is 0. The van der Waals surface area contributed by atoms with Crippen LogP contribution in [-0.2, 0) is 0 Å². The van der Waals surface area contributed by atoms with Crippen molar-refractivity contribution in [3.05, 3.63) is 70.7 Å². The summed E-state index contributed by atoms with van der Waals surface area (Å²) in [5.74, 6) is 0.286. The molecule has 0 bridgehead atoms. The first-order valence-electron chi connectivity index (χ1n) is 7.30. The van der Waals surface area contributed by atoms with E-state index in [0.29, 0.717) is 11.5 Å². The lowest BCUT2D eigenvalue weighted by atomic mass is 9.83. The van der Waals surface area contributed by atoms with Crippen molar-refractivity contribution in [3.8, 4) is 11.9 Å². The largest absolute Gasteiger partial charge is 0.420 e. The number of hydrogen-bond donors (Lipinski definition) is 2. The molecule has 2 heterocycles. The van der Waals surface area contributed by atoms with E-state index in [2.05, 4.69) is 40.5 Å². The Morgan fingerprint density at radius 2 is 2.00 bits per heavy atom. The van der Waals surface area contributed by atoms with Crippen molar-refractivity contribution >= 4 is 10.8 Å². The van der Waals surface area contributed by atoms with Crippen LogP contribution in [0.1, 0.15) is 22.7 Å². The van der Waals surface area contributed by atoms with Gasteiger partial charge in [0.25, 0.3) is 0 Å². The van der Waals surface area contributed by atoms with Gasteiger partial charge in [-0.3, -0.25) is 5.10 Å². The normalized spacial score (nSPS) is 16.8. The monoisotopic (exact) mass is 302 g/mol. The number of fused-ring (bicyclic) bond motifs is 2. The zero-order valence-corrected chi connectivity index (χ0v) is 12.5. The summed E-state index contributed by atoms with van der Waals surface area (Å²) < 4.78 is 5.49. The van der Waals surface area contributed by atoms with Gasteiger partial charge in [-0.15, -0.1) is 5.10 Å². The van der Waals surface area contributed by atoms with E-state index < -0.39 is 0 Å². The number of hydrogen-bond acceptors (Lipinski definition) is 4. The zero-order valence-electron chi connectivity index (χ0n) is 12.5. The molecule has 112 valence electrons. The predicted octanol–water partition coefficient (Wildman–Crippen LogP) is 3.09. The van der Waals surface area contributed by atoms with Gasteiger partial charge in [0.05, 0.1) is 5.92 Å². The smallest absolute Gasteiger partial charge is 0.244 e. The Morgan fingerprint density at radius 3 is 2.78 bits per heavy atom. The highest BCUT2D eigenvalue weighted by Gasteiger charge is 2.34. The summed E-state index contributed by atoms with van der Waals surface area (Å²) in [7, 11) is 0. The maximum atomic E-state index is 9.56. The van der Waals surface area contributed by atoms with Crippen LogP contribution in [0.4, 0.5) is 0 Å². The van der Waals surface area contributed by atoms with E-state index >= 15 is 0 Å². The molecule has 0 amide bonds. The topological polar surface area (TPSA) is 87.7 Å². The van der Waals surface area contributed by atoms with Gasteiger partial charge in [0.2, 0.25) is 11.8 Å². The van der Waals surface area contributed by atoms with Gasteiger partial charge < -0.3 is 10.5 Å². The van der Waals surface area contributed by atoms with Crippen LogP contribution < -0.4 is 10.5 Å². The Labute approximate surface area is 133 Å². The first-order valence-corrected chi connectivity index (χ1v) is 7.30. The van der Waals surface area contributed by atoms with E-state index in [4.69, 9.17) is 10.5 Å². The number of H-pyrrole nitrogens is 1. The number of nitrogens with zero attached hydrogens (tertiary/aromatic N) is 2. The Morgan fingerprint density at radius 1 is 1.22 bits per heavy atom. The number of aromatic amines is 1. The molecule has 0 radical (unpaired) electrons. The average Bonchev–Trinajstić information content (AvgIpc) is 2.93. The number of benzene rings is 2. The van der Waals surface area contributed by atoms with Crippen LogP contribution in [0.5, 0.6) is 5.88 Å². The van der Waals surface area contributed by atoms with Crippen LogP contribution in [0.15, 0.2) is 53.9 Å². The zero-order chi connectivity index (χ0) is 16.0. The van der Waals surface area contributed by atoms with Gasteiger partial charge in [-0.1, -0.05) is 42.5 Å². The maximum Gasteiger partial charge on any atom is 0.244 e. The van der Waals surface area contributed by atoms with Crippen molar-refractivity contribution in [1.82, 2.24) is 10.2 Å². The van der Waals surface area contributed by atoms with E-state index in [1.54, 1.807) is 0 Å². The lowest BCUT2D eigenvalue weighted by molar-refractivity contribution is 0.379. The number of nitriles is 1. The molecule has 5 heteroatoms. The number of rotatable bonds is 1. The molecule has 2 aromatic carbocycles. The summed E-state index contributed by atoms with van der Waals surface area (Å²) in [5, 5.41) is 18.9. The van der Waals surface area contributed by atoms with Gasteiger partial charge in [0.1, 0.15) is 11.6 Å². The fourth-order valence-electron chi connectivity index (χ4n) is 3.12. The first kappa shape index (κ1) is 13.4. The number of nitrogens with one attached hydrogen (secondary N) is 1. The third-order valence-electron chi connectivity index (χ3n) is 4.24. The lowest BCUT2D eigenvalue weighted by Gasteiger charge is -2.23. The number of aryl methyl sites for hydroxylation is 1. The predicted molar refractivity (Wildman–Crippen MR) is 86.6 cm³/mol. The molecular formula is C18H14N4O. The molecule has 3 aromatic rings. The van der Waals surface area contributed by atoms with Gasteiger partial charge in [-0.25, -0.2) is 0 Å². The third-order valence-corrected chi connectivity index (χ3v) is 4.24. The molecule has 1 atom stereocenters. The molecule has 1 aliphatic heterocycles. The molecular weight excluding hydrogens is 288 g/mol. The molecule has 0 fully saturated rings. The van der Waals surface area contributed by atoms with Crippen molar-refractivity contribution in [2.75, 3.05) is 0 Å². The molecule has 5 nitrogen and oxygen atoms in total. The average molecular weight is 302 g/mol. The number of ether oxygens (including phenoxy) is 1. The van der Waals surface area contributed by atoms with Crippen LogP contribution in [0, 0.1) is 18.3 Å². The van der Waals surface area contributed by atoms with E-state index in [0.717, 1.165) is 27.6 Å². The fourth-order valence-corrected chi connectivity index (χ4v) is 3.12. The summed E-state index contributed by atoms with van der Waals surface area (Å²) in [4.78, 5) is 0. The first-order chi connectivity index (χ1) is 11.2. The highest BCUT2D eigenvalue weighted by Crippen LogP contribution is 2.42. The van der Waals surface area contributed by atoms with E-state index in [9.17, 15) is 5.26 Å². The van der Waals surface area contributed by atoms with Gasteiger partial charge in [-0.05, 0) is 23.3 Å². The summed E-state index contributed by atoms with van der Waals surface area (Å²) in [6.45, 7) is 1.92. The Balaban J connectivity index is 1.97. The molecule has 1 unspecified atom stereocenters. The van der Waals surface area contributed by atoms with Crippen LogP contribution in [0.2, 0.25) is 0 Å². The maximum absolute atomic E-state index is 9.56. The molecule has 0 saturated carbocycles. The third kappa shape index (κ3) is 1.96. The second-order valence-corrected chi connectivity index (χ2v) is 5.60. The van der Waals surface area contributed by atoms with E-state index in [1.165, 1.54) is 0 Å². The number of allylic oxidation sites excluding steroid dienone is 1. The summed E-state index contributed by atoms with van der Waals surface area (Å²) in [6, 6.07) is 16.5. The quantitative estimate of drug-likeness (QED) is 0.723. The van der Waals surface area contributed by atoms with Crippen LogP contribution in [-0.4, -0.2) is 10.2 Å². The minimum Gasteiger partial charge on any atom is -0.420 e. The highest BCUT2D eigenvalue weighted by molar-refractivity contribution is 5.83. The minimum atomic E-state index is -0.271. The van der Waals surface area contributed by atoms with E-state index in [-0.39, 0.29) is 11.8 Å². The molecule has 1 aromatic heterocycles. The molecule has 3 N–H and O–H groups in total. The van der Waals surface area contributed by atoms with Crippen molar-refractivity contribution in [3.63, 3.8) is 0 Å². The van der Waals surface area contributed by atoms with Gasteiger partial charge in [0, 0.05) is 11.3 Å².